The van der Waals surface area contributed by atoms with Crippen molar-refractivity contribution in [2.75, 3.05) is 58.4 Å². The number of phosphoric acid groups is 3. The first-order valence-corrected chi connectivity index (χ1v) is 27.9. The maximum atomic E-state index is 13.6. The number of aryl methyl sites for hydroxylation is 2. The van der Waals surface area contributed by atoms with Crippen molar-refractivity contribution in [1.29, 1.82) is 0 Å². The Morgan fingerprint density at radius 1 is 0.974 bits per heavy atom. The van der Waals surface area contributed by atoms with Crippen LogP contribution in [0, 0.1) is 25.7 Å². The highest BCUT2D eigenvalue weighted by molar-refractivity contribution is 7.66. The molecular weight excluding hydrogens is 1090 g/mol. The fourth-order valence-corrected chi connectivity index (χ4v) is 10.9. The molecule has 0 radical (unpaired) electrons. The molecule has 3 heterocycles. The van der Waals surface area contributed by atoms with E-state index in [0.29, 0.717) is 59.2 Å². The molecule has 29 heteroatoms. The minimum Gasteiger partial charge on any atom is -0.491 e. The molecule has 0 saturated heterocycles. The number of carbonyl (C=O) groups is 3. The average molecular weight is 1140 g/mol. The van der Waals surface area contributed by atoms with E-state index in [4.69, 9.17) is 23.2 Å². The number of hydrogen-bond donors (Lipinski definition) is 8. The standard InChI is InChI=1S/C49H55N6O20P3/c1-8-18-69-41-24-43(73-42(41)27-71-77(64,65)75-78(66,67)74-76(62,63)68-7)55-25-32(46(57)54-48(55)60)12-11-16-53-49(61)70-26-28(4)15-17-52-45(56)31-13-14-33(47(58)59)34(21-31)44-35-19-29(5)37(50-9-2)22-39(35)72-40-23-38(51-10-3)30(6)20-36(40)44/h8,13-14,19-25,42-43,50H,1,4,9-10,15-18,26-27H2,2-3,5-7H3,(H,52,56)(H,53,61)(H,58,59)(H,62,63)(H,64,65)(H,66,67)(H,54,57,60)/t42-,43-/m1/s1. The Labute approximate surface area is 444 Å². The van der Waals surface area contributed by atoms with E-state index in [1.54, 1.807) is 0 Å². The number of ether oxygens (including phenoxy) is 3. The van der Waals surface area contributed by atoms with E-state index in [2.05, 4.69) is 64.1 Å². The number of phosphoric ester groups is 2. The molecule has 1 aromatic heterocycles. The maximum Gasteiger partial charge on any atom is 0.490 e. The maximum absolute atomic E-state index is 13.6. The van der Waals surface area contributed by atoms with Crippen LogP contribution >= 0.6 is 23.5 Å². The zero-order valence-electron chi connectivity index (χ0n) is 42.6. The molecule has 78 heavy (non-hydrogen) atoms. The van der Waals surface area contributed by atoms with Gasteiger partial charge in [0, 0.05) is 78.9 Å². The number of rotatable bonds is 24. The minimum atomic E-state index is -5.72. The van der Waals surface area contributed by atoms with Crippen molar-refractivity contribution in [3.63, 3.8) is 0 Å². The van der Waals surface area contributed by atoms with Gasteiger partial charge < -0.3 is 54.4 Å². The number of nitrogens with one attached hydrogen (secondary N) is 4. The molecule has 26 nitrogen and oxygen atoms in total. The third kappa shape index (κ3) is 15.5. The lowest BCUT2D eigenvalue weighted by Crippen LogP contribution is -2.34. The Hall–Kier alpha value is -7.23. The second-order valence-electron chi connectivity index (χ2n) is 16.8. The number of alkyl carbamates (subject to hydrolysis) is 1. The van der Waals surface area contributed by atoms with Gasteiger partial charge in [0.25, 0.3) is 11.5 Å². The van der Waals surface area contributed by atoms with Crippen LogP contribution < -0.4 is 32.6 Å². The summed E-state index contributed by atoms with van der Waals surface area (Å²) < 4.78 is 76.3. The number of aromatic nitrogens is 2. The first-order chi connectivity index (χ1) is 36.9. The van der Waals surface area contributed by atoms with Crippen LogP contribution in [0.5, 0.6) is 0 Å². The summed E-state index contributed by atoms with van der Waals surface area (Å²) in [7, 11) is -15.8. The van der Waals surface area contributed by atoms with Crippen LogP contribution in [-0.2, 0) is 45.6 Å². The molecule has 3 unspecified atom stereocenters. The second-order valence-corrected chi connectivity index (χ2v) is 21.5. The van der Waals surface area contributed by atoms with Gasteiger partial charge in [-0.2, -0.15) is 8.62 Å². The zero-order valence-corrected chi connectivity index (χ0v) is 45.2. The molecule has 8 N–H and O–H groups in total. The third-order valence-electron chi connectivity index (χ3n) is 11.1. The first kappa shape index (κ1) is 60.0. The van der Waals surface area contributed by atoms with Crippen LogP contribution in [0.2, 0.25) is 0 Å². The molecule has 0 saturated carbocycles. The van der Waals surface area contributed by atoms with Crippen molar-refractivity contribution >= 4 is 58.1 Å². The summed E-state index contributed by atoms with van der Waals surface area (Å²) in [6.45, 7) is 14.8. The van der Waals surface area contributed by atoms with Crippen molar-refractivity contribution in [1.82, 2.24) is 20.2 Å². The lowest BCUT2D eigenvalue weighted by Gasteiger charge is -2.20. The summed E-state index contributed by atoms with van der Waals surface area (Å²) in [4.78, 5) is 100. The zero-order chi connectivity index (χ0) is 57.1. The normalized spacial score (nSPS) is 16.7. The van der Waals surface area contributed by atoms with Crippen molar-refractivity contribution in [3.8, 4) is 34.3 Å². The van der Waals surface area contributed by atoms with E-state index in [0.717, 1.165) is 32.9 Å². The lowest BCUT2D eigenvalue weighted by atomic mass is 9.88. The van der Waals surface area contributed by atoms with Gasteiger partial charge in [0.15, 0.2) is 6.23 Å². The smallest absolute Gasteiger partial charge is 0.490 e. The molecule has 1 aliphatic carbocycles. The van der Waals surface area contributed by atoms with Crippen LogP contribution in [0.25, 0.3) is 33.4 Å². The van der Waals surface area contributed by atoms with Crippen LogP contribution in [-0.4, -0.2) is 107 Å². The number of nitrogens with zero attached hydrogens (tertiary/aromatic N) is 2. The number of carbonyl (C=O) groups excluding carboxylic acids is 2. The third-order valence-corrected chi connectivity index (χ3v) is 15.4. The monoisotopic (exact) mass is 1140 g/mol. The molecule has 6 rings (SSSR count). The molecule has 416 valence electrons. The van der Waals surface area contributed by atoms with Gasteiger partial charge >= 0.3 is 41.2 Å². The Kier molecular flexibility index (Phi) is 20.0. The van der Waals surface area contributed by atoms with Crippen molar-refractivity contribution in [2.45, 2.75) is 46.4 Å². The lowest BCUT2D eigenvalue weighted by molar-refractivity contribution is -0.0296. The number of carboxylic acids is 1. The molecular formula is C49H55N6O20P3. The quantitative estimate of drug-likeness (QED) is 0.0148. The molecule has 3 aromatic rings. The minimum absolute atomic E-state index is 0.0299. The fourth-order valence-electron chi connectivity index (χ4n) is 7.62. The number of hydrogen-bond acceptors (Lipinski definition) is 18. The topological polar surface area (TPSA) is 364 Å². The highest BCUT2D eigenvalue weighted by Crippen LogP contribution is 2.67. The SMILES string of the molecule is C=CCOC1=C[C@H](n2cc(C#CCNC(=O)OCC(=C)CCNC(=O)c3ccc(C(=O)O)c(-c4c5cc(C)c(=NCC)cc-5oc5cc(NCC)c(C)cc45)c3)c(=O)[nH]c2=O)O[C@@H]1COP(=O)(O)OP(=O)(O)OP(=O)(O)OC. The molecule has 2 amide bonds. The van der Waals surface area contributed by atoms with E-state index in [1.165, 1.54) is 30.4 Å². The number of aromatic carboxylic acids is 1. The summed E-state index contributed by atoms with van der Waals surface area (Å²) in [5, 5.41) is 20.3. The molecule has 0 spiro atoms. The van der Waals surface area contributed by atoms with E-state index >= 15 is 0 Å². The fraction of sp³-hybridized carbons (Fsp3) is 0.306. The van der Waals surface area contributed by atoms with Crippen molar-refractivity contribution in [3.05, 3.63) is 139 Å². The van der Waals surface area contributed by atoms with Gasteiger partial charge in [0.1, 0.15) is 42.0 Å². The van der Waals surface area contributed by atoms with E-state index in [9.17, 15) is 57.5 Å². The highest BCUT2D eigenvalue weighted by atomic mass is 31.3. The Morgan fingerprint density at radius 3 is 2.41 bits per heavy atom. The summed E-state index contributed by atoms with van der Waals surface area (Å²) in [6, 6.07) is 11.9. The molecule has 0 fully saturated rings. The predicted molar refractivity (Wildman–Crippen MR) is 281 cm³/mol. The number of carboxylic acid groups (broad SMARTS) is 1. The average Bonchev–Trinajstić information content (AvgIpc) is 3.78. The molecule has 0 bridgehead atoms. The summed E-state index contributed by atoms with van der Waals surface area (Å²) in [6.07, 6.45) is 0.0741. The Morgan fingerprint density at radius 2 is 1.72 bits per heavy atom. The molecule has 2 aliphatic heterocycles. The van der Waals surface area contributed by atoms with Gasteiger partial charge in [0.2, 0.25) is 0 Å². The number of H-pyrrole nitrogens is 1. The van der Waals surface area contributed by atoms with Crippen molar-refractivity contribution in [2.24, 2.45) is 4.99 Å². The van der Waals surface area contributed by atoms with Crippen molar-refractivity contribution < 1.29 is 84.2 Å². The predicted octanol–water partition coefficient (Wildman–Crippen LogP) is 6.16. The Bertz CT molecular complexity index is 3580. The second kappa shape index (κ2) is 25.9. The van der Waals surface area contributed by atoms with Gasteiger partial charge in [-0.3, -0.25) is 33.2 Å². The summed E-state index contributed by atoms with van der Waals surface area (Å²) >= 11 is 0. The van der Waals surface area contributed by atoms with Gasteiger partial charge in [0.05, 0.1) is 24.1 Å². The van der Waals surface area contributed by atoms with Gasteiger partial charge in [-0.25, -0.2) is 28.1 Å². The number of anilines is 1. The molecule has 2 aromatic carbocycles. The molecule has 3 aliphatic rings. The van der Waals surface area contributed by atoms with Crippen LogP contribution in [0.1, 0.15) is 63.9 Å². The number of fused-ring (bicyclic) bond motifs is 2. The number of benzene rings is 3. The number of aromatic amines is 1. The van der Waals surface area contributed by atoms with E-state index in [-0.39, 0.29) is 55.2 Å². The Balaban J connectivity index is 1.05. The highest BCUT2D eigenvalue weighted by Gasteiger charge is 2.43. The number of amides is 2. The van der Waals surface area contributed by atoms with E-state index < -0.39 is 71.6 Å². The van der Waals surface area contributed by atoms with Crippen LogP contribution in [0.3, 0.4) is 0 Å². The van der Waals surface area contributed by atoms with E-state index in [1.807, 2.05) is 52.0 Å². The van der Waals surface area contributed by atoms with Gasteiger partial charge in [-0.05, 0) is 86.7 Å². The largest absolute Gasteiger partial charge is 0.491 e. The summed E-state index contributed by atoms with van der Waals surface area (Å²) in [5.74, 6) is 3.75. The van der Waals surface area contributed by atoms with Crippen LogP contribution in [0.15, 0.2) is 104 Å². The molecule has 5 atom stereocenters. The first-order valence-electron chi connectivity index (χ1n) is 23.4. The van der Waals surface area contributed by atoms with Gasteiger partial charge in [-0.1, -0.05) is 31.1 Å². The van der Waals surface area contributed by atoms with Crippen LogP contribution in [0.4, 0.5) is 10.5 Å². The summed E-state index contributed by atoms with van der Waals surface area (Å²) in [5.41, 5.74) is 2.99. The van der Waals surface area contributed by atoms with Gasteiger partial charge in [-0.15, -0.1) is 0 Å².